The summed E-state index contributed by atoms with van der Waals surface area (Å²) in [4.78, 5) is 17.8. The number of nitrogens with zero attached hydrogens (tertiary/aromatic N) is 3. The maximum atomic E-state index is 11.4. The van der Waals surface area contributed by atoms with E-state index in [0.717, 1.165) is 0 Å². The van der Waals surface area contributed by atoms with Gasteiger partial charge in [0.05, 0.1) is 19.1 Å². The van der Waals surface area contributed by atoms with Crippen molar-refractivity contribution < 1.29 is 9.53 Å². The number of carbonyl (C=O) groups excluding carboxylic acids is 1. The van der Waals surface area contributed by atoms with Crippen LogP contribution in [0.1, 0.15) is 23.5 Å². The predicted molar refractivity (Wildman–Crippen MR) is 71.1 cm³/mol. The third-order valence-electron chi connectivity index (χ3n) is 2.31. The molecule has 1 aromatic rings. The monoisotopic (exact) mass is 287 g/mol. The predicted octanol–water partition coefficient (Wildman–Crippen LogP) is 2.57. The summed E-state index contributed by atoms with van der Waals surface area (Å²) in [6.07, 6.45) is 0. The fourth-order valence-electron chi connectivity index (χ4n) is 1.36. The lowest BCUT2D eigenvalue weighted by Gasteiger charge is -2.20. The quantitative estimate of drug-likeness (QED) is 0.779. The second-order valence-corrected chi connectivity index (χ2v) is 5.01. The van der Waals surface area contributed by atoms with E-state index in [1.165, 1.54) is 18.4 Å². The number of aromatic nitrogens is 1. The highest BCUT2D eigenvalue weighted by Gasteiger charge is 2.20. The van der Waals surface area contributed by atoms with Gasteiger partial charge in [0, 0.05) is 13.1 Å². The Hall–Kier alpha value is -1.32. The topological polar surface area (TPSA) is 66.2 Å². The van der Waals surface area contributed by atoms with Crippen LogP contribution >= 0.6 is 22.9 Å². The van der Waals surface area contributed by atoms with Crippen molar-refractivity contribution in [2.75, 3.05) is 25.1 Å². The van der Waals surface area contributed by atoms with Crippen molar-refractivity contribution >= 4 is 34.0 Å². The number of ether oxygens (including phenoxy) is 1. The lowest BCUT2D eigenvalue weighted by atomic mass is 10.2. The minimum absolute atomic E-state index is 0.116. The first-order valence-corrected chi connectivity index (χ1v) is 6.62. The normalized spacial score (nSPS) is 11.7. The summed E-state index contributed by atoms with van der Waals surface area (Å²) in [5, 5.41) is 9.59. The number of rotatable bonds is 5. The number of halogens is 1. The molecule has 0 fully saturated rings. The van der Waals surface area contributed by atoms with Crippen molar-refractivity contribution in [3.05, 3.63) is 10.0 Å². The van der Waals surface area contributed by atoms with Crippen LogP contribution in [0, 0.1) is 17.2 Å². The average Bonchev–Trinajstić information content (AvgIpc) is 2.76. The van der Waals surface area contributed by atoms with Crippen molar-refractivity contribution in [3.8, 4) is 6.07 Å². The number of hydrogen-bond donors (Lipinski definition) is 0. The van der Waals surface area contributed by atoms with Gasteiger partial charge in [-0.25, -0.2) is 9.78 Å². The van der Waals surface area contributed by atoms with Crippen LogP contribution in [0.15, 0.2) is 0 Å². The van der Waals surface area contributed by atoms with E-state index in [1.54, 1.807) is 0 Å². The van der Waals surface area contributed by atoms with Crippen LogP contribution < -0.4 is 4.90 Å². The standard InChI is InChI=1S/C11H14ClN3O2S/c1-4-15(6-7(2)5-13)11-14-9(12)8(18-11)10(16)17-3/h7H,4,6H2,1-3H3. The summed E-state index contributed by atoms with van der Waals surface area (Å²) in [5.41, 5.74) is 0. The molecule has 0 aliphatic rings. The van der Waals surface area contributed by atoms with Gasteiger partial charge < -0.3 is 9.64 Å². The molecule has 7 heteroatoms. The molecule has 1 aromatic heterocycles. The van der Waals surface area contributed by atoms with Crippen LogP contribution in [0.5, 0.6) is 0 Å². The molecule has 1 atom stereocenters. The molecule has 1 heterocycles. The van der Waals surface area contributed by atoms with Gasteiger partial charge in [0.1, 0.15) is 0 Å². The van der Waals surface area contributed by atoms with E-state index in [0.29, 0.717) is 18.2 Å². The van der Waals surface area contributed by atoms with E-state index in [2.05, 4.69) is 15.8 Å². The molecule has 5 nitrogen and oxygen atoms in total. The van der Waals surface area contributed by atoms with Crippen LogP contribution in [-0.4, -0.2) is 31.2 Å². The zero-order valence-electron chi connectivity index (χ0n) is 10.4. The summed E-state index contributed by atoms with van der Waals surface area (Å²) in [6.45, 7) is 5.03. The van der Waals surface area contributed by atoms with Gasteiger partial charge >= 0.3 is 5.97 Å². The molecule has 0 aliphatic carbocycles. The Kier molecular flexibility index (Phi) is 5.38. The molecule has 0 amide bonds. The van der Waals surface area contributed by atoms with E-state index in [4.69, 9.17) is 16.9 Å². The van der Waals surface area contributed by atoms with E-state index < -0.39 is 5.97 Å². The third kappa shape index (κ3) is 3.34. The van der Waals surface area contributed by atoms with E-state index in [9.17, 15) is 4.79 Å². The Bertz CT molecular complexity index is 469. The Morgan fingerprint density at radius 2 is 2.39 bits per heavy atom. The summed E-state index contributed by atoms with van der Waals surface area (Å²) in [7, 11) is 1.30. The second kappa shape index (κ2) is 6.57. The average molecular weight is 288 g/mol. The first kappa shape index (κ1) is 14.7. The fraction of sp³-hybridized carbons (Fsp3) is 0.545. The number of hydrogen-bond acceptors (Lipinski definition) is 6. The highest BCUT2D eigenvalue weighted by atomic mass is 35.5. The minimum atomic E-state index is -0.492. The van der Waals surface area contributed by atoms with Gasteiger partial charge in [0.2, 0.25) is 0 Å². The smallest absolute Gasteiger partial charge is 0.351 e. The SMILES string of the molecule is CCN(CC(C)C#N)c1nc(Cl)c(C(=O)OC)s1. The fourth-order valence-corrected chi connectivity index (χ4v) is 2.63. The van der Waals surface area contributed by atoms with Crippen LogP contribution in [0.4, 0.5) is 5.13 Å². The van der Waals surface area contributed by atoms with Crippen LogP contribution in [0.2, 0.25) is 5.15 Å². The molecular formula is C11H14ClN3O2S. The lowest BCUT2D eigenvalue weighted by Crippen LogP contribution is -2.27. The summed E-state index contributed by atoms with van der Waals surface area (Å²) >= 11 is 7.07. The Balaban J connectivity index is 2.95. The second-order valence-electron chi connectivity index (χ2n) is 3.68. The number of nitriles is 1. The maximum absolute atomic E-state index is 11.4. The van der Waals surface area contributed by atoms with Crippen molar-refractivity contribution in [1.82, 2.24) is 4.98 Å². The van der Waals surface area contributed by atoms with Crippen molar-refractivity contribution in [2.24, 2.45) is 5.92 Å². The Morgan fingerprint density at radius 3 is 2.89 bits per heavy atom. The Labute approximate surface area is 115 Å². The van der Waals surface area contributed by atoms with Gasteiger partial charge in [-0.15, -0.1) is 0 Å². The molecule has 0 aliphatic heterocycles. The van der Waals surface area contributed by atoms with Crippen LogP contribution in [-0.2, 0) is 4.74 Å². The zero-order valence-corrected chi connectivity index (χ0v) is 12.0. The van der Waals surface area contributed by atoms with E-state index in [-0.39, 0.29) is 15.9 Å². The molecule has 1 unspecified atom stereocenters. The van der Waals surface area contributed by atoms with Crippen molar-refractivity contribution in [1.29, 1.82) is 5.26 Å². The van der Waals surface area contributed by atoms with Gasteiger partial charge in [-0.1, -0.05) is 22.9 Å². The molecule has 98 valence electrons. The van der Waals surface area contributed by atoms with E-state index >= 15 is 0 Å². The van der Waals surface area contributed by atoms with Crippen molar-refractivity contribution in [2.45, 2.75) is 13.8 Å². The first-order valence-electron chi connectivity index (χ1n) is 5.42. The molecular weight excluding hydrogens is 274 g/mol. The van der Waals surface area contributed by atoms with Crippen LogP contribution in [0.25, 0.3) is 0 Å². The van der Waals surface area contributed by atoms with Crippen molar-refractivity contribution in [3.63, 3.8) is 0 Å². The highest BCUT2D eigenvalue weighted by Crippen LogP contribution is 2.30. The molecule has 0 saturated heterocycles. The van der Waals surface area contributed by atoms with E-state index in [1.807, 2.05) is 18.7 Å². The third-order valence-corrected chi connectivity index (χ3v) is 3.79. The summed E-state index contributed by atoms with van der Waals surface area (Å²) in [6, 6.07) is 2.17. The van der Waals surface area contributed by atoms with Gasteiger partial charge in [-0.05, 0) is 13.8 Å². The Morgan fingerprint density at radius 1 is 1.72 bits per heavy atom. The maximum Gasteiger partial charge on any atom is 0.351 e. The largest absolute Gasteiger partial charge is 0.465 e. The summed E-state index contributed by atoms with van der Waals surface area (Å²) < 4.78 is 4.62. The van der Waals surface area contributed by atoms with Gasteiger partial charge in [-0.2, -0.15) is 5.26 Å². The molecule has 0 N–H and O–H groups in total. The molecule has 0 radical (unpaired) electrons. The molecule has 0 spiro atoms. The molecule has 0 saturated carbocycles. The number of esters is 1. The number of thiazole rings is 1. The molecule has 18 heavy (non-hydrogen) atoms. The lowest BCUT2D eigenvalue weighted by molar-refractivity contribution is 0.0606. The number of carbonyl (C=O) groups is 1. The molecule has 0 bridgehead atoms. The highest BCUT2D eigenvalue weighted by molar-refractivity contribution is 7.18. The first-order chi connectivity index (χ1) is 8.53. The van der Waals surface area contributed by atoms with Gasteiger partial charge in [0.15, 0.2) is 15.2 Å². The molecule has 1 rings (SSSR count). The minimum Gasteiger partial charge on any atom is -0.465 e. The van der Waals surface area contributed by atoms with Gasteiger partial charge in [0.25, 0.3) is 0 Å². The number of methoxy groups -OCH3 is 1. The molecule has 0 aromatic carbocycles. The van der Waals surface area contributed by atoms with Crippen LogP contribution in [0.3, 0.4) is 0 Å². The summed E-state index contributed by atoms with van der Waals surface area (Å²) in [5.74, 6) is -0.609. The van der Waals surface area contributed by atoms with Gasteiger partial charge in [-0.3, -0.25) is 0 Å². The number of anilines is 1. The zero-order chi connectivity index (χ0) is 13.7.